The molecule has 0 saturated carbocycles. The van der Waals surface area contributed by atoms with Crippen molar-refractivity contribution in [2.45, 2.75) is 0 Å². The van der Waals surface area contributed by atoms with Crippen molar-refractivity contribution in [1.29, 1.82) is 0 Å². The van der Waals surface area contributed by atoms with Crippen LogP contribution < -0.4 is 18.9 Å². The molecule has 0 saturated heterocycles. The Morgan fingerprint density at radius 2 is 1.50 bits per heavy atom. The molecule has 0 N–H and O–H groups in total. The van der Waals surface area contributed by atoms with E-state index in [1.807, 2.05) is 0 Å². The van der Waals surface area contributed by atoms with Crippen molar-refractivity contribution in [3.05, 3.63) is 35.0 Å². The molecule has 0 nitrogen and oxygen atoms in total. The molecule has 1 aromatic heterocycles. The second kappa shape index (κ2) is 3.25. The summed E-state index contributed by atoms with van der Waals surface area (Å²) in [5.41, 5.74) is 0. The van der Waals surface area contributed by atoms with E-state index in [2.05, 4.69) is 35.0 Å². The first-order chi connectivity index (χ1) is 4.47. The van der Waals surface area contributed by atoms with Crippen LogP contribution >= 0.6 is 11.3 Å². The number of fused-ring (bicyclic) bond motifs is 1. The average molecular weight is 142 g/mol. The number of hydrogen-bond acceptors (Lipinski definition) is 1. The summed E-state index contributed by atoms with van der Waals surface area (Å²) in [5.74, 6) is 0. The van der Waals surface area contributed by atoms with Gasteiger partial charge in [-0.1, -0.05) is 24.3 Å². The number of rotatable bonds is 0. The van der Waals surface area contributed by atoms with Crippen molar-refractivity contribution in [3.8, 4) is 0 Å². The molecule has 0 aliphatic heterocycles. The second-order valence-electron chi connectivity index (χ2n) is 2.00. The summed E-state index contributed by atoms with van der Waals surface area (Å²) in [5, 5.41) is 7.02. The van der Waals surface area contributed by atoms with Crippen molar-refractivity contribution in [2.24, 2.45) is 0 Å². The van der Waals surface area contributed by atoms with Crippen LogP contribution in [0.2, 0.25) is 0 Å². The first-order valence-corrected chi connectivity index (χ1v) is 3.82. The van der Waals surface area contributed by atoms with Gasteiger partial charge in [0.2, 0.25) is 0 Å². The monoisotopic (exact) mass is 142 g/mol. The van der Waals surface area contributed by atoms with Gasteiger partial charge in [-0.25, -0.2) is 0 Å². The molecule has 0 amide bonds. The van der Waals surface area contributed by atoms with Gasteiger partial charge in [0.25, 0.3) is 0 Å². The van der Waals surface area contributed by atoms with Gasteiger partial charge in [0, 0.05) is 0 Å². The molecule has 2 rings (SSSR count). The summed E-state index contributed by atoms with van der Waals surface area (Å²) >= 11 is 1.75. The molecular formula is C8H7LiS. The van der Waals surface area contributed by atoms with Crippen LogP contribution in [0.25, 0.3) is 10.8 Å². The van der Waals surface area contributed by atoms with Crippen LogP contribution in [-0.2, 0) is 0 Å². The summed E-state index contributed by atoms with van der Waals surface area (Å²) < 4.78 is 0. The third-order valence-electron chi connectivity index (χ3n) is 1.39. The Labute approximate surface area is 77.5 Å². The summed E-state index contributed by atoms with van der Waals surface area (Å²) in [7, 11) is 0. The Kier molecular flexibility index (Phi) is 2.56. The predicted molar refractivity (Wildman–Crippen MR) is 42.9 cm³/mol. The molecule has 46 valence electrons. The molecule has 2 heteroatoms. The quantitative estimate of drug-likeness (QED) is 0.455. The van der Waals surface area contributed by atoms with Gasteiger partial charge in [-0.05, 0) is 21.5 Å². The van der Waals surface area contributed by atoms with Crippen LogP contribution in [0.5, 0.6) is 0 Å². The van der Waals surface area contributed by atoms with Crippen molar-refractivity contribution >= 4 is 22.1 Å². The Bertz CT molecular complexity index is 288. The van der Waals surface area contributed by atoms with Crippen LogP contribution in [-0.4, -0.2) is 0 Å². The Morgan fingerprint density at radius 1 is 1.00 bits per heavy atom. The smallest absolute Gasteiger partial charge is 1.00 e. The minimum atomic E-state index is 0. The molecule has 0 aliphatic carbocycles. The Hall–Kier alpha value is -0.223. The number of benzene rings is 1. The number of thiophene rings is 1. The van der Waals surface area contributed by atoms with Gasteiger partial charge >= 0.3 is 18.9 Å². The van der Waals surface area contributed by atoms with Gasteiger partial charge in [-0.3, -0.25) is 0 Å². The zero-order chi connectivity index (χ0) is 6.10. The zero-order valence-electron chi connectivity index (χ0n) is 6.87. The molecular weight excluding hydrogens is 135 g/mol. The zero-order valence-corrected chi connectivity index (χ0v) is 6.69. The topological polar surface area (TPSA) is 0 Å². The fraction of sp³-hybridized carbons (Fsp3) is 0. The van der Waals surface area contributed by atoms with Gasteiger partial charge in [0.05, 0.1) is 0 Å². The van der Waals surface area contributed by atoms with E-state index in [9.17, 15) is 0 Å². The van der Waals surface area contributed by atoms with E-state index in [0.29, 0.717) is 0 Å². The molecule has 0 atom stereocenters. The summed E-state index contributed by atoms with van der Waals surface area (Å²) in [6.45, 7) is 0. The van der Waals surface area contributed by atoms with E-state index in [-0.39, 0.29) is 20.3 Å². The van der Waals surface area contributed by atoms with E-state index in [0.717, 1.165) is 0 Å². The van der Waals surface area contributed by atoms with Crippen LogP contribution in [0.3, 0.4) is 0 Å². The number of hydrogen-bond donors (Lipinski definition) is 0. The Balaban J connectivity index is 0.000000500. The van der Waals surface area contributed by atoms with E-state index in [4.69, 9.17) is 0 Å². The predicted octanol–water partition coefficient (Wildman–Crippen LogP) is 0.0178. The maximum Gasteiger partial charge on any atom is 1.00 e. The molecule has 1 aromatic carbocycles. The summed E-state index contributed by atoms with van der Waals surface area (Å²) in [6, 6.07) is 8.39. The summed E-state index contributed by atoms with van der Waals surface area (Å²) in [6.07, 6.45) is 0. The molecule has 1 heterocycles. The normalized spacial score (nSPS) is 9.20. The third kappa shape index (κ3) is 1.27. The fourth-order valence-electron chi connectivity index (χ4n) is 0.906. The largest absolute Gasteiger partial charge is 1.00 e. The second-order valence-corrected chi connectivity index (χ2v) is 2.74. The third-order valence-corrected chi connectivity index (χ3v) is 2.17. The average Bonchev–Trinajstić information content (AvgIpc) is 2.33. The van der Waals surface area contributed by atoms with Gasteiger partial charge in [-0.15, -0.1) is 0 Å². The van der Waals surface area contributed by atoms with E-state index < -0.39 is 0 Å². The van der Waals surface area contributed by atoms with Crippen molar-refractivity contribution in [2.75, 3.05) is 0 Å². The molecule has 10 heavy (non-hydrogen) atoms. The first-order valence-electron chi connectivity index (χ1n) is 2.88. The molecule has 2 aromatic rings. The van der Waals surface area contributed by atoms with Crippen molar-refractivity contribution in [1.82, 2.24) is 0 Å². The first kappa shape index (κ1) is 7.88. The van der Waals surface area contributed by atoms with Crippen molar-refractivity contribution < 1.29 is 20.3 Å². The minimum absolute atomic E-state index is 0. The molecule has 0 fully saturated rings. The van der Waals surface area contributed by atoms with Crippen molar-refractivity contribution in [3.63, 3.8) is 0 Å². The van der Waals surface area contributed by atoms with Crippen LogP contribution in [0, 0.1) is 0 Å². The SMILES string of the molecule is [H-].[Li+].c1ccc2cscc2c1. The van der Waals surface area contributed by atoms with Gasteiger partial charge in [0.1, 0.15) is 0 Å². The van der Waals surface area contributed by atoms with Crippen LogP contribution in [0.4, 0.5) is 0 Å². The van der Waals surface area contributed by atoms with E-state index >= 15 is 0 Å². The van der Waals surface area contributed by atoms with Crippen LogP contribution in [0.15, 0.2) is 35.0 Å². The Morgan fingerprint density at radius 3 is 2.00 bits per heavy atom. The molecule has 0 bridgehead atoms. The minimum Gasteiger partial charge on any atom is -1.00 e. The fourth-order valence-corrected chi connectivity index (χ4v) is 1.70. The molecule has 0 spiro atoms. The molecule has 0 radical (unpaired) electrons. The standard InChI is InChI=1S/C8H6S.Li.H/c1-2-4-8-6-9-5-7(8)3-1;;/h1-6H;;/q;+1;-1. The van der Waals surface area contributed by atoms with E-state index in [1.165, 1.54) is 10.8 Å². The van der Waals surface area contributed by atoms with Gasteiger partial charge < -0.3 is 1.43 Å². The molecule has 0 unspecified atom stereocenters. The maximum absolute atomic E-state index is 2.16. The molecule has 0 aliphatic rings. The maximum atomic E-state index is 2.16. The van der Waals surface area contributed by atoms with Gasteiger partial charge in [0.15, 0.2) is 0 Å². The van der Waals surface area contributed by atoms with Gasteiger partial charge in [-0.2, -0.15) is 11.3 Å². The summed E-state index contributed by atoms with van der Waals surface area (Å²) in [4.78, 5) is 0. The van der Waals surface area contributed by atoms with E-state index in [1.54, 1.807) is 11.3 Å². The van der Waals surface area contributed by atoms with Crippen LogP contribution in [0.1, 0.15) is 1.43 Å².